The quantitative estimate of drug-likeness (QED) is 0.876. The number of likely N-dealkylation sites (tertiary alicyclic amines) is 1. The van der Waals surface area contributed by atoms with Crippen LogP contribution in [0.15, 0.2) is 42.5 Å². The second-order valence-corrected chi connectivity index (χ2v) is 5.89. The summed E-state index contributed by atoms with van der Waals surface area (Å²) >= 11 is 0. The molecule has 2 aromatic rings. The third-order valence-corrected chi connectivity index (χ3v) is 4.45. The van der Waals surface area contributed by atoms with E-state index < -0.39 is 0 Å². The normalized spacial score (nSPS) is 16.9. The first-order chi connectivity index (χ1) is 11.6. The van der Waals surface area contributed by atoms with Gasteiger partial charge >= 0.3 is 0 Å². The van der Waals surface area contributed by atoms with Crippen LogP contribution < -0.4 is 15.2 Å². The molecular formula is C19H22N2O3. The van der Waals surface area contributed by atoms with Gasteiger partial charge in [0.1, 0.15) is 11.5 Å². The third kappa shape index (κ3) is 3.02. The van der Waals surface area contributed by atoms with Crippen molar-refractivity contribution >= 4 is 11.6 Å². The summed E-state index contributed by atoms with van der Waals surface area (Å²) < 4.78 is 10.8. The number of nitrogens with two attached hydrogens (primary N) is 1. The van der Waals surface area contributed by atoms with Crippen LogP contribution in [0.25, 0.3) is 0 Å². The Kier molecular flexibility index (Phi) is 4.60. The van der Waals surface area contributed by atoms with Gasteiger partial charge in [-0.15, -0.1) is 0 Å². The number of nitrogen functional groups attached to an aromatic ring is 1. The number of ether oxygens (including phenoxy) is 2. The monoisotopic (exact) mass is 326 g/mol. The summed E-state index contributed by atoms with van der Waals surface area (Å²) in [5.41, 5.74) is 8.04. The molecule has 1 aliphatic rings. The molecule has 0 radical (unpaired) electrons. The lowest BCUT2D eigenvalue weighted by molar-refractivity contribution is 0.0734. The van der Waals surface area contributed by atoms with Crippen LogP contribution in [-0.2, 0) is 0 Å². The number of benzene rings is 2. The van der Waals surface area contributed by atoms with E-state index in [0.717, 1.165) is 36.4 Å². The van der Waals surface area contributed by atoms with Gasteiger partial charge in [0.25, 0.3) is 5.91 Å². The zero-order valence-corrected chi connectivity index (χ0v) is 14.0. The van der Waals surface area contributed by atoms with E-state index in [4.69, 9.17) is 15.2 Å². The molecule has 1 fully saturated rings. The zero-order valence-electron chi connectivity index (χ0n) is 14.0. The molecule has 2 aromatic carbocycles. The average molecular weight is 326 g/mol. The van der Waals surface area contributed by atoms with Crippen molar-refractivity contribution in [3.63, 3.8) is 0 Å². The van der Waals surface area contributed by atoms with Crippen LogP contribution in [0.4, 0.5) is 5.69 Å². The van der Waals surface area contributed by atoms with E-state index in [2.05, 4.69) is 0 Å². The van der Waals surface area contributed by atoms with Crippen LogP contribution in [0.5, 0.6) is 11.5 Å². The summed E-state index contributed by atoms with van der Waals surface area (Å²) in [7, 11) is 3.26. The highest BCUT2D eigenvalue weighted by Gasteiger charge is 2.32. The van der Waals surface area contributed by atoms with Crippen molar-refractivity contribution in [2.24, 2.45) is 0 Å². The molecule has 0 bridgehead atoms. The Labute approximate surface area is 142 Å². The lowest BCUT2D eigenvalue weighted by Gasteiger charge is -2.26. The van der Waals surface area contributed by atoms with E-state index in [0.29, 0.717) is 11.3 Å². The van der Waals surface area contributed by atoms with E-state index in [1.807, 2.05) is 29.2 Å². The SMILES string of the molecule is COc1ccc(C2CCCN2C(=O)c2cccc(N)c2)c(OC)c1. The molecule has 1 amide bonds. The number of hydrogen-bond acceptors (Lipinski definition) is 4. The van der Waals surface area contributed by atoms with Crippen molar-refractivity contribution in [3.05, 3.63) is 53.6 Å². The Balaban J connectivity index is 1.92. The van der Waals surface area contributed by atoms with Crippen LogP contribution in [0.1, 0.15) is 34.8 Å². The molecule has 5 heteroatoms. The fourth-order valence-electron chi connectivity index (χ4n) is 3.26. The van der Waals surface area contributed by atoms with Gasteiger partial charge in [-0.05, 0) is 43.2 Å². The summed E-state index contributed by atoms with van der Waals surface area (Å²) in [6.45, 7) is 0.730. The minimum atomic E-state index is -0.000197. The molecule has 0 saturated carbocycles. The second kappa shape index (κ2) is 6.83. The van der Waals surface area contributed by atoms with Crippen molar-refractivity contribution in [2.75, 3.05) is 26.5 Å². The van der Waals surface area contributed by atoms with E-state index in [1.165, 1.54) is 0 Å². The molecule has 1 atom stereocenters. The number of amides is 1. The van der Waals surface area contributed by atoms with Crippen LogP contribution in [0.2, 0.25) is 0 Å². The van der Waals surface area contributed by atoms with Crippen molar-refractivity contribution < 1.29 is 14.3 Å². The molecular weight excluding hydrogens is 304 g/mol. The molecule has 1 unspecified atom stereocenters. The number of rotatable bonds is 4. The van der Waals surface area contributed by atoms with Gasteiger partial charge in [-0.25, -0.2) is 0 Å². The van der Waals surface area contributed by atoms with Crippen molar-refractivity contribution in [1.29, 1.82) is 0 Å². The van der Waals surface area contributed by atoms with Crippen molar-refractivity contribution in [3.8, 4) is 11.5 Å². The Bertz CT molecular complexity index is 745. The van der Waals surface area contributed by atoms with Gasteiger partial charge < -0.3 is 20.1 Å². The van der Waals surface area contributed by atoms with Gasteiger partial charge in [-0.2, -0.15) is 0 Å². The second-order valence-electron chi connectivity index (χ2n) is 5.89. The standard InChI is InChI=1S/C19H22N2O3/c1-23-15-8-9-16(18(12-15)24-2)17-7-4-10-21(17)19(22)13-5-3-6-14(20)11-13/h3,5-6,8-9,11-12,17H,4,7,10,20H2,1-2H3. The number of hydrogen-bond donors (Lipinski definition) is 1. The highest BCUT2D eigenvalue weighted by atomic mass is 16.5. The maximum Gasteiger partial charge on any atom is 0.254 e. The molecule has 5 nitrogen and oxygen atoms in total. The number of nitrogens with zero attached hydrogens (tertiary/aromatic N) is 1. The molecule has 0 aromatic heterocycles. The average Bonchev–Trinajstić information content (AvgIpc) is 3.09. The lowest BCUT2D eigenvalue weighted by atomic mass is 10.0. The predicted octanol–water partition coefficient (Wildman–Crippen LogP) is 3.26. The van der Waals surface area contributed by atoms with Gasteiger partial charge in [0.15, 0.2) is 0 Å². The van der Waals surface area contributed by atoms with Gasteiger partial charge in [0.05, 0.1) is 20.3 Å². The highest BCUT2D eigenvalue weighted by Crippen LogP contribution is 2.39. The van der Waals surface area contributed by atoms with Gasteiger partial charge in [0.2, 0.25) is 0 Å². The first-order valence-electron chi connectivity index (χ1n) is 8.02. The van der Waals surface area contributed by atoms with Crippen LogP contribution in [-0.4, -0.2) is 31.6 Å². The smallest absolute Gasteiger partial charge is 0.254 e. The first kappa shape index (κ1) is 16.2. The van der Waals surface area contributed by atoms with Gasteiger partial charge in [-0.1, -0.05) is 6.07 Å². The Morgan fingerprint density at radius 1 is 1.17 bits per heavy atom. The van der Waals surface area contributed by atoms with Crippen LogP contribution in [0.3, 0.4) is 0 Å². The summed E-state index contributed by atoms with van der Waals surface area (Å²) in [6.07, 6.45) is 1.88. The summed E-state index contributed by atoms with van der Waals surface area (Å²) in [5, 5.41) is 0. The number of carbonyl (C=O) groups is 1. The lowest BCUT2D eigenvalue weighted by Crippen LogP contribution is -2.30. The van der Waals surface area contributed by atoms with Crippen molar-refractivity contribution in [2.45, 2.75) is 18.9 Å². The minimum absolute atomic E-state index is 0.000197. The minimum Gasteiger partial charge on any atom is -0.497 e. The van der Waals surface area contributed by atoms with Crippen LogP contribution in [0, 0.1) is 0 Å². The Hall–Kier alpha value is -2.69. The van der Waals surface area contributed by atoms with E-state index in [9.17, 15) is 4.79 Å². The Morgan fingerprint density at radius 3 is 2.71 bits per heavy atom. The van der Waals surface area contributed by atoms with Crippen LogP contribution >= 0.6 is 0 Å². The predicted molar refractivity (Wildman–Crippen MR) is 93.4 cm³/mol. The maximum atomic E-state index is 12.9. The zero-order chi connectivity index (χ0) is 17.1. The maximum absolute atomic E-state index is 12.9. The molecule has 0 spiro atoms. The molecule has 1 saturated heterocycles. The van der Waals surface area contributed by atoms with E-state index in [1.54, 1.807) is 32.4 Å². The molecule has 2 N–H and O–H groups in total. The fourth-order valence-corrected chi connectivity index (χ4v) is 3.26. The summed E-state index contributed by atoms with van der Waals surface area (Å²) in [6, 6.07) is 12.9. The number of methoxy groups -OCH3 is 2. The number of carbonyl (C=O) groups excluding carboxylic acids is 1. The van der Waals surface area contributed by atoms with Gasteiger partial charge in [-0.3, -0.25) is 4.79 Å². The topological polar surface area (TPSA) is 64.8 Å². The number of anilines is 1. The summed E-state index contributed by atoms with van der Waals surface area (Å²) in [5.74, 6) is 1.48. The molecule has 24 heavy (non-hydrogen) atoms. The van der Waals surface area contributed by atoms with E-state index >= 15 is 0 Å². The van der Waals surface area contributed by atoms with Gasteiger partial charge in [0, 0.05) is 29.4 Å². The highest BCUT2D eigenvalue weighted by molar-refractivity contribution is 5.95. The first-order valence-corrected chi connectivity index (χ1v) is 8.02. The molecule has 3 rings (SSSR count). The Morgan fingerprint density at radius 2 is 2.00 bits per heavy atom. The fraction of sp³-hybridized carbons (Fsp3) is 0.316. The summed E-state index contributed by atoms with van der Waals surface area (Å²) in [4.78, 5) is 14.8. The molecule has 1 aliphatic heterocycles. The molecule has 1 heterocycles. The van der Waals surface area contributed by atoms with Crippen molar-refractivity contribution in [1.82, 2.24) is 4.90 Å². The largest absolute Gasteiger partial charge is 0.497 e. The molecule has 126 valence electrons. The molecule has 0 aliphatic carbocycles. The van der Waals surface area contributed by atoms with E-state index in [-0.39, 0.29) is 11.9 Å². The third-order valence-electron chi connectivity index (χ3n) is 4.45.